The Hall–Kier alpha value is -1.55. The molecule has 2 heterocycles. The first-order valence-electron chi connectivity index (χ1n) is 7.01. The summed E-state index contributed by atoms with van der Waals surface area (Å²) in [5.74, 6) is 1.91. The lowest BCUT2D eigenvalue weighted by atomic mass is 10.2. The third kappa shape index (κ3) is 2.73. The van der Waals surface area contributed by atoms with Crippen LogP contribution in [0.4, 0.5) is 0 Å². The molecule has 1 fully saturated rings. The number of nitrogens with one attached hydrogen (secondary N) is 1. The number of rotatable bonds is 5. The van der Waals surface area contributed by atoms with Crippen LogP contribution in [0, 0.1) is 6.92 Å². The number of aryl methyl sites for hydroxylation is 1. The normalized spacial score (nSPS) is 15.4. The molecule has 1 aliphatic rings. The number of hydrogen-bond donors (Lipinski definition) is 1. The van der Waals surface area contributed by atoms with E-state index >= 15 is 0 Å². The van der Waals surface area contributed by atoms with Gasteiger partial charge in [0.05, 0.1) is 17.8 Å². The molecule has 3 rings (SSSR count). The van der Waals surface area contributed by atoms with Crippen LogP contribution in [0.1, 0.15) is 44.2 Å². The Kier molecular flexibility index (Phi) is 3.19. The molecule has 19 heavy (non-hydrogen) atoms. The maximum Gasteiger partial charge on any atom is 0.137 e. The van der Waals surface area contributed by atoms with Crippen LogP contribution in [0.25, 0.3) is 11.3 Å². The van der Waals surface area contributed by atoms with Crippen molar-refractivity contribution < 1.29 is 4.42 Å². The highest BCUT2D eigenvalue weighted by Gasteiger charge is 2.20. The molecule has 102 valence electrons. The van der Waals surface area contributed by atoms with E-state index in [1.165, 1.54) is 12.8 Å². The molecule has 2 aromatic heterocycles. The minimum Gasteiger partial charge on any atom is -0.460 e. The van der Waals surface area contributed by atoms with E-state index in [2.05, 4.69) is 36.5 Å². The van der Waals surface area contributed by atoms with Crippen molar-refractivity contribution in [2.24, 2.45) is 0 Å². The van der Waals surface area contributed by atoms with Crippen molar-refractivity contribution in [1.29, 1.82) is 0 Å². The minimum atomic E-state index is 0.374. The molecule has 0 aromatic carbocycles. The van der Waals surface area contributed by atoms with Crippen LogP contribution in [-0.2, 0) is 6.54 Å². The summed E-state index contributed by atoms with van der Waals surface area (Å²) in [5.41, 5.74) is 2.11. The molecule has 0 radical (unpaired) electrons. The molecular formula is C15H21N3O. The van der Waals surface area contributed by atoms with Gasteiger partial charge in [-0.05, 0) is 45.7 Å². The van der Waals surface area contributed by atoms with Gasteiger partial charge in [-0.1, -0.05) is 0 Å². The standard InChI is InChI=1S/C15H21N3O/c1-10(2)18-9-14(11(3)17-18)15-7-6-13(19-15)8-16-12-4-5-12/h6-7,9-10,12,16H,4-5,8H2,1-3H3. The van der Waals surface area contributed by atoms with Crippen molar-refractivity contribution >= 4 is 0 Å². The average molecular weight is 259 g/mol. The van der Waals surface area contributed by atoms with E-state index < -0.39 is 0 Å². The highest BCUT2D eigenvalue weighted by atomic mass is 16.3. The molecule has 0 aliphatic heterocycles. The van der Waals surface area contributed by atoms with Gasteiger partial charge >= 0.3 is 0 Å². The lowest BCUT2D eigenvalue weighted by Gasteiger charge is -2.02. The highest BCUT2D eigenvalue weighted by Crippen LogP contribution is 2.26. The first-order valence-corrected chi connectivity index (χ1v) is 7.01. The van der Waals surface area contributed by atoms with Crippen molar-refractivity contribution in [2.45, 2.75) is 52.2 Å². The fourth-order valence-corrected chi connectivity index (χ4v) is 2.14. The number of nitrogens with zero attached hydrogens (tertiary/aromatic N) is 2. The second kappa shape index (κ2) is 4.85. The van der Waals surface area contributed by atoms with E-state index in [9.17, 15) is 0 Å². The smallest absolute Gasteiger partial charge is 0.137 e. The zero-order valence-corrected chi connectivity index (χ0v) is 11.8. The summed E-state index contributed by atoms with van der Waals surface area (Å²) < 4.78 is 7.89. The Morgan fingerprint density at radius 3 is 2.84 bits per heavy atom. The molecule has 4 nitrogen and oxygen atoms in total. The van der Waals surface area contributed by atoms with Crippen molar-refractivity contribution in [3.05, 3.63) is 29.8 Å². The van der Waals surface area contributed by atoms with Crippen LogP contribution >= 0.6 is 0 Å². The molecule has 1 N–H and O–H groups in total. The molecule has 0 saturated heterocycles. The van der Waals surface area contributed by atoms with E-state index in [1.807, 2.05) is 17.7 Å². The fraction of sp³-hybridized carbons (Fsp3) is 0.533. The average Bonchev–Trinajstić information content (AvgIpc) is 2.94. The van der Waals surface area contributed by atoms with E-state index in [0.29, 0.717) is 12.1 Å². The van der Waals surface area contributed by atoms with Crippen LogP contribution in [0.15, 0.2) is 22.7 Å². The van der Waals surface area contributed by atoms with Crippen LogP contribution in [-0.4, -0.2) is 15.8 Å². The summed E-state index contributed by atoms with van der Waals surface area (Å²) >= 11 is 0. The van der Waals surface area contributed by atoms with Crippen LogP contribution in [0.2, 0.25) is 0 Å². The van der Waals surface area contributed by atoms with Gasteiger partial charge in [-0.15, -0.1) is 0 Å². The molecule has 1 saturated carbocycles. The quantitative estimate of drug-likeness (QED) is 0.896. The largest absolute Gasteiger partial charge is 0.460 e. The Morgan fingerprint density at radius 2 is 2.21 bits per heavy atom. The summed E-state index contributed by atoms with van der Waals surface area (Å²) in [4.78, 5) is 0. The van der Waals surface area contributed by atoms with Gasteiger partial charge in [0, 0.05) is 18.3 Å². The monoisotopic (exact) mass is 259 g/mol. The topological polar surface area (TPSA) is 43.0 Å². The zero-order valence-electron chi connectivity index (χ0n) is 11.8. The van der Waals surface area contributed by atoms with Crippen LogP contribution < -0.4 is 5.32 Å². The fourth-order valence-electron chi connectivity index (χ4n) is 2.14. The van der Waals surface area contributed by atoms with Gasteiger partial charge in [-0.3, -0.25) is 4.68 Å². The van der Waals surface area contributed by atoms with Gasteiger partial charge < -0.3 is 9.73 Å². The molecule has 0 unspecified atom stereocenters. The molecule has 1 aliphatic carbocycles. The Labute approximate surface area is 113 Å². The van der Waals surface area contributed by atoms with Crippen molar-refractivity contribution in [3.63, 3.8) is 0 Å². The maximum atomic E-state index is 5.91. The molecule has 0 bridgehead atoms. The summed E-state index contributed by atoms with van der Waals surface area (Å²) in [6, 6.07) is 5.17. The Balaban J connectivity index is 1.77. The third-order valence-electron chi connectivity index (χ3n) is 3.52. The predicted octanol–water partition coefficient (Wildman–Crippen LogP) is 3.28. The lowest BCUT2D eigenvalue weighted by molar-refractivity contribution is 0.492. The van der Waals surface area contributed by atoms with Crippen LogP contribution in [0.3, 0.4) is 0 Å². The van der Waals surface area contributed by atoms with Crippen LogP contribution in [0.5, 0.6) is 0 Å². The second-order valence-electron chi connectivity index (χ2n) is 5.62. The number of aromatic nitrogens is 2. The van der Waals surface area contributed by atoms with E-state index in [4.69, 9.17) is 4.42 Å². The van der Waals surface area contributed by atoms with E-state index in [0.717, 1.165) is 29.3 Å². The summed E-state index contributed by atoms with van der Waals surface area (Å²) in [6.45, 7) is 7.10. The van der Waals surface area contributed by atoms with E-state index in [1.54, 1.807) is 0 Å². The van der Waals surface area contributed by atoms with Gasteiger partial charge in [0.1, 0.15) is 11.5 Å². The minimum absolute atomic E-state index is 0.374. The number of hydrogen-bond acceptors (Lipinski definition) is 3. The van der Waals surface area contributed by atoms with Gasteiger partial charge in [-0.2, -0.15) is 5.10 Å². The molecule has 0 atom stereocenters. The molecule has 4 heteroatoms. The highest BCUT2D eigenvalue weighted by molar-refractivity contribution is 5.59. The zero-order chi connectivity index (χ0) is 13.4. The first kappa shape index (κ1) is 12.5. The third-order valence-corrected chi connectivity index (χ3v) is 3.52. The van der Waals surface area contributed by atoms with E-state index in [-0.39, 0.29) is 0 Å². The van der Waals surface area contributed by atoms with Gasteiger partial charge in [-0.25, -0.2) is 0 Å². The SMILES string of the molecule is Cc1nn(C(C)C)cc1-c1ccc(CNC2CC2)o1. The molecular weight excluding hydrogens is 238 g/mol. The lowest BCUT2D eigenvalue weighted by Crippen LogP contribution is -2.14. The Morgan fingerprint density at radius 1 is 1.42 bits per heavy atom. The first-order chi connectivity index (χ1) is 9.13. The second-order valence-corrected chi connectivity index (χ2v) is 5.62. The van der Waals surface area contributed by atoms with Gasteiger partial charge in [0.15, 0.2) is 0 Å². The summed E-state index contributed by atoms with van der Waals surface area (Å²) in [5, 5.41) is 7.98. The molecule has 2 aromatic rings. The summed E-state index contributed by atoms with van der Waals surface area (Å²) in [7, 11) is 0. The summed E-state index contributed by atoms with van der Waals surface area (Å²) in [6.07, 6.45) is 4.67. The van der Waals surface area contributed by atoms with Crippen molar-refractivity contribution in [1.82, 2.24) is 15.1 Å². The van der Waals surface area contributed by atoms with Gasteiger partial charge in [0.2, 0.25) is 0 Å². The molecule has 0 spiro atoms. The predicted molar refractivity (Wildman–Crippen MR) is 74.9 cm³/mol. The van der Waals surface area contributed by atoms with Crippen molar-refractivity contribution in [3.8, 4) is 11.3 Å². The Bertz CT molecular complexity index is 564. The van der Waals surface area contributed by atoms with Gasteiger partial charge in [0.25, 0.3) is 0 Å². The molecule has 0 amide bonds. The van der Waals surface area contributed by atoms with Crippen molar-refractivity contribution in [2.75, 3.05) is 0 Å². The number of furan rings is 1. The maximum absolute atomic E-state index is 5.91.